The summed E-state index contributed by atoms with van der Waals surface area (Å²) in [6.45, 7) is 0. The molecule has 0 amide bonds. The molecule has 178 valence electrons. The van der Waals surface area contributed by atoms with Gasteiger partial charge in [-0.3, -0.25) is 29.8 Å². The summed E-state index contributed by atoms with van der Waals surface area (Å²) in [4.78, 5) is 76.6. The van der Waals surface area contributed by atoms with Crippen molar-refractivity contribution in [3.05, 3.63) is 123 Å². The van der Waals surface area contributed by atoms with E-state index in [2.05, 4.69) is 9.97 Å². The van der Waals surface area contributed by atoms with Crippen LogP contribution in [0.2, 0.25) is 0 Å². The Hall–Kier alpha value is -5.66. The summed E-state index contributed by atoms with van der Waals surface area (Å²) in [5.41, 5.74) is -3.48. The zero-order chi connectivity index (χ0) is 25.7. The molecule has 0 aliphatic carbocycles. The minimum atomic E-state index is -0.844. The van der Waals surface area contributed by atoms with Crippen molar-refractivity contribution >= 4 is 33.2 Å². The molecule has 14 nitrogen and oxygen atoms in total. The van der Waals surface area contributed by atoms with Crippen molar-refractivity contribution in [1.82, 2.24) is 19.1 Å². The van der Waals surface area contributed by atoms with E-state index in [0.717, 1.165) is 33.4 Å². The summed E-state index contributed by atoms with van der Waals surface area (Å²) in [6.07, 6.45) is 0. The summed E-state index contributed by atoms with van der Waals surface area (Å²) in [5, 5.41) is 22.0. The van der Waals surface area contributed by atoms with Crippen LogP contribution < -0.4 is 22.5 Å². The summed E-state index contributed by atoms with van der Waals surface area (Å²) in [5.74, 6) is 0. The third-order valence-corrected chi connectivity index (χ3v) is 5.55. The first-order chi connectivity index (χ1) is 17.2. The Morgan fingerprint density at radius 2 is 0.944 bits per heavy atom. The molecule has 0 aliphatic rings. The molecule has 0 spiro atoms. The summed E-state index contributed by atoms with van der Waals surface area (Å²) in [6, 6.07) is 12.3. The Labute approximate surface area is 196 Å². The lowest BCUT2D eigenvalue weighted by Crippen LogP contribution is -2.34. The van der Waals surface area contributed by atoms with E-state index in [1.807, 2.05) is 0 Å². The van der Waals surface area contributed by atoms with Gasteiger partial charge in [0, 0.05) is 24.3 Å². The summed E-state index contributed by atoms with van der Waals surface area (Å²) in [7, 11) is 0. The quantitative estimate of drug-likeness (QED) is 0.280. The molecule has 0 bridgehead atoms. The number of aromatic nitrogens is 4. The van der Waals surface area contributed by atoms with Crippen molar-refractivity contribution < 1.29 is 9.85 Å². The van der Waals surface area contributed by atoms with E-state index >= 15 is 0 Å². The molecule has 0 saturated heterocycles. The molecule has 14 heteroatoms. The number of non-ortho nitro benzene ring substituents is 2. The number of nitro benzene ring substituents is 2. The molecule has 0 unspecified atom stereocenters. The van der Waals surface area contributed by atoms with E-state index in [1.54, 1.807) is 0 Å². The first-order valence-corrected chi connectivity index (χ1v) is 10.1. The number of rotatable bonds is 4. The second-order valence-electron chi connectivity index (χ2n) is 7.63. The van der Waals surface area contributed by atoms with E-state index in [0.29, 0.717) is 0 Å². The molecule has 36 heavy (non-hydrogen) atoms. The van der Waals surface area contributed by atoms with Crippen molar-refractivity contribution in [1.29, 1.82) is 0 Å². The fourth-order valence-corrected chi connectivity index (χ4v) is 3.86. The Balaban J connectivity index is 1.62. The van der Waals surface area contributed by atoms with Crippen LogP contribution in [0.4, 0.5) is 11.4 Å². The van der Waals surface area contributed by atoms with E-state index in [9.17, 15) is 39.4 Å². The number of aromatic amines is 2. The number of fused-ring (bicyclic) bond motifs is 2. The SMILES string of the molecule is O=c1[nH]c2cc([N+](=O)[O-])ccc2c(=O)n1-c1ccc(-n2c(=O)[nH]c3cc([N+](=O)[O-])ccc3c2=O)cc1. The second-order valence-corrected chi connectivity index (χ2v) is 7.63. The topological polar surface area (TPSA) is 196 Å². The maximum absolute atomic E-state index is 12.9. The van der Waals surface area contributed by atoms with E-state index in [-0.39, 0.29) is 44.6 Å². The van der Waals surface area contributed by atoms with Gasteiger partial charge in [0.1, 0.15) is 0 Å². The zero-order valence-corrected chi connectivity index (χ0v) is 17.8. The predicted octanol–water partition coefficient (Wildman–Crippen LogP) is 1.49. The Morgan fingerprint density at radius 3 is 1.28 bits per heavy atom. The highest BCUT2D eigenvalue weighted by Crippen LogP contribution is 2.18. The molecule has 2 N–H and O–H groups in total. The number of hydrogen-bond acceptors (Lipinski definition) is 8. The van der Waals surface area contributed by atoms with Gasteiger partial charge in [-0.1, -0.05) is 0 Å². The lowest BCUT2D eigenvalue weighted by Gasteiger charge is -2.09. The van der Waals surface area contributed by atoms with Crippen molar-refractivity contribution in [3.8, 4) is 11.4 Å². The average Bonchev–Trinajstić information content (AvgIpc) is 2.84. The number of benzene rings is 3. The number of nitrogens with zero attached hydrogens (tertiary/aromatic N) is 4. The third kappa shape index (κ3) is 3.45. The average molecular weight is 488 g/mol. The predicted molar refractivity (Wildman–Crippen MR) is 127 cm³/mol. The largest absolute Gasteiger partial charge is 0.333 e. The minimum Gasteiger partial charge on any atom is -0.306 e. The Morgan fingerprint density at radius 1 is 0.583 bits per heavy atom. The van der Waals surface area contributed by atoms with E-state index in [4.69, 9.17) is 0 Å². The van der Waals surface area contributed by atoms with Gasteiger partial charge in [0.25, 0.3) is 22.5 Å². The van der Waals surface area contributed by atoms with Crippen molar-refractivity contribution in [2.75, 3.05) is 0 Å². The molecule has 0 fully saturated rings. The third-order valence-electron chi connectivity index (χ3n) is 5.55. The molecular weight excluding hydrogens is 476 g/mol. The standard InChI is InChI=1S/C22H12N6O8/c29-19-15-7-5-13(27(33)34)9-17(15)23-21(31)25(19)11-1-2-12(4-3-11)26-20(30)16-8-6-14(28(35)36)10-18(16)24-22(26)32/h1-10H,(H,23,31)(H,24,32). The van der Waals surface area contributed by atoms with Gasteiger partial charge in [-0.2, -0.15) is 0 Å². The van der Waals surface area contributed by atoms with Gasteiger partial charge in [0.05, 0.1) is 43.0 Å². The maximum Gasteiger partial charge on any atom is 0.333 e. The zero-order valence-electron chi connectivity index (χ0n) is 17.8. The molecule has 2 aromatic heterocycles. The number of nitrogens with one attached hydrogen (secondary N) is 2. The van der Waals surface area contributed by atoms with Gasteiger partial charge in [0.15, 0.2) is 0 Å². The van der Waals surface area contributed by atoms with Crippen LogP contribution in [0.25, 0.3) is 33.2 Å². The van der Waals surface area contributed by atoms with Crippen LogP contribution in [0.1, 0.15) is 0 Å². The van der Waals surface area contributed by atoms with Crippen LogP contribution in [0.15, 0.2) is 79.8 Å². The van der Waals surface area contributed by atoms with Crippen LogP contribution in [-0.2, 0) is 0 Å². The van der Waals surface area contributed by atoms with Crippen molar-refractivity contribution in [2.24, 2.45) is 0 Å². The first kappa shape index (κ1) is 22.1. The molecule has 5 rings (SSSR count). The van der Waals surface area contributed by atoms with Crippen molar-refractivity contribution in [3.63, 3.8) is 0 Å². The van der Waals surface area contributed by atoms with Crippen LogP contribution in [0.5, 0.6) is 0 Å². The van der Waals surface area contributed by atoms with Gasteiger partial charge in [-0.05, 0) is 36.4 Å². The van der Waals surface area contributed by atoms with Crippen LogP contribution >= 0.6 is 0 Å². The highest BCUT2D eigenvalue weighted by atomic mass is 16.6. The van der Waals surface area contributed by atoms with Gasteiger partial charge < -0.3 is 9.97 Å². The molecule has 0 aliphatic heterocycles. The Kier molecular flexibility index (Phi) is 4.91. The fraction of sp³-hybridized carbons (Fsp3) is 0. The minimum absolute atomic E-state index is 0.00144. The lowest BCUT2D eigenvalue weighted by atomic mass is 10.2. The maximum atomic E-state index is 12.9. The summed E-state index contributed by atoms with van der Waals surface area (Å²) < 4.78 is 1.62. The van der Waals surface area contributed by atoms with Crippen LogP contribution in [0.3, 0.4) is 0 Å². The van der Waals surface area contributed by atoms with Crippen LogP contribution in [-0.4, -0.2) is 28.9 Å². The number of H-pyrrole nitrogens is 2. The van der Waals surface area contributed by atoms with E-state index < -0.39 is 32.3 Å². The fourth-order valence-electron chi connectivity index (χ4n) is 3.86. The number of nitro groups is 2. The lowest BCUT2D eigenvalue weighted by molar-refractivity contribution is -0.384. The second kappa shape index (κ2) is 7.98. The molecule has 0 radical (unpaired) electrons. The first-order valence-electron chi connectivity index (χ1n) is 10.1. The highest BCUT2D eigenvalue weighted by Gasteiger charge is 2.16. The van der Waals surface area contributed by atoms with Gasteiger partial charge in [0.2, 0.25) is 0 Å². The smallest absolute Gasteiger partial charge is 0.306 e. The molecule has 5 aromatic rings. The molecule has 0 atom stereocenters. The van der Waals surface area contributed by atoms with Crippen molar-refractivity contribution in [2.45, 2.75) is 0 Å². The number of hydrogen-bond donors (Lipinski definition) is 2. The Bertz CT molecular complexity index is 1840. The van der Waals surface area contributed by atoms with Gasteiger partial charge in [-0.15, -0.1) is 0 Å². The highest BCUT2D eigenvalue weighted by molar-refractivity contribution is 5.81. The molecule has 2 heterocycles. The van der Waals surface area contributed by atoms with Crippen LogP contribution in [0, 0.1) is 20.2 Å². The van der Waals surface area contributed by atoms with E-state index in [1.165, 1.54) is 36.4 Å². The molecule has 3 aromatic carbocycles. The van der Waals surface area contributed by atoms with Gasteiger partial charge >= 0.3 is 11.4 Å². The summed E-state index contributed by atoms with van der Waals surface area (Å²) >= 11 is 0. The normalized spacial score (nSPS) is 11.1. The van der Waals surface area contributed by atoms with Gasteiger partial charge in [-0.25, -0.2) is 18.7 Å². The monoisotopic (exact) mass is 488 g/mol. The molecular formula is C22H12N6O8. The molecule has 0 saturated carbocycles.